The first kappa shape index (κ1) is 27.2. The molecule has 1 aliphatic carbocycles. The van der Waals surface area contributed by atoms with Crippen molar-refractivity contribution in [2.24, 2.45) is 0 Å². The van der Waals surface area contributed by atoms with Crippen LogP contribution in [0.1, 0.15) is 82.7 Å². The third kappa shape index (κ3) is 5.53. The fourth-order valence-corrected chi connectivity index (χ4v) is 6.07. The summed E-state index contributed by atoms with van der Waals surface area (Å²) in [6, 6.07) is 4.41. The predicted octanol–water partition coefficient (Wildman–Crippen LogP) is 5.63. The number of alkyl halides is 3. The van der Waals surface area contributed by atoms with E-state index in [1.165, 1.54) is 12.1 Å². The lowest BCUT2D eigenvalue weighted by molar-refractivity contribution is -0.137. The number of hydrogen-bond donors (Lipinski definition) is 0. The lowest BCUT2D eigenvalue weighted by Crippen LogP contribution is -2.62. The summed E-state index contributed by atoms with van der Waals surface area (Å²) in [4.78, 5) is 19.3. The van der Waals surface area contributed by atoms with Crippen molar-refractivity contribution in [2.75, 3.05) is 39.8 Å². The molecular formula is C27H40F3N3O3. The topological polar surface area (TPSA) is 45.2 Å². The number of hydrogen-bond acceptors (Lipinski definition) is 5. The van der Waals surface area contributed by atoms with Gasteiger partial charge >= 0.3 is 12.3 Å². The Balaban J connectivity index is 1.41. The summed E-state index contributed by atoms with van der Waals surface area (Å²) in [6.45, 7) is 14.1. The van der Waals surface area contributed by atoms with Gasteiger partial charge in [0.25, 0.3) is 0 Å². The molecule has 2 fully saturated rings. The van der Waals surface area contributed by atoms with E-state index in [2.05, 4.69) is 23.6 Å². The third-order valence-electron chi connectivity index (χ3n) is 8.18. The number of benzene rings is 1. The summed E-state index contributed by atoms with van der Waals surface area (Å²) >= 11 is 0. The van der Waals surface area contributed by atoms with Crippen LogP contribution in [0.2, 0.25) is 0 Å². The van der Waals surface area contributed by atoms with Crippen LogP contribution >= 0.6 is 0 Å². The maximum absolute atomic E-state index is 13.3. The minimum Gasteiger partial charge on any atom is -0.444 e. The largest absolute Gasteiger partial charge is 0.444 e. The molecule has 4 rings (SSSR count). The molecule has 2 heterocycles. The fourth-order valence-electron chi connectivity index (χ4n) is 6.07. The number of rotatable bonds is 3. The lowest BCUT2D eigenvalue weighted by Gasteiger charge is -2.52. The number of methoxy groups -OCH3 is 1. The molecule has 202 valence electrons. The summed E-state index contributed by atoms with van der Waals surface area (Å²) in [5.41, 5.74) is 0.495. The number of piperazine rings is 1. The first-order valence-electron chi connectivity index (χ1n) is 12.9. The maximum Gasteiger partial charge on any atom is 0.416 e. The van der Waals surface area contributed by atoms with Crippen LogP contribution in [0.3, 0.4) is 0 Å². The van der Waals surface area contributed by atoms with E-state index in [1.54, 1.807) is 13.2 Å². The molecule has 1 aromatic rings. The SMILES string of the molecule is COC1CC(N2CCN(C3(C)CCN(C(=O)OC(C)(C)C)CC3)CC2C)c2ccc(C(F)(F)F)cc21. The summed E-state index contributed by atoms with van der Waals surface area (Å²) < 4.78 is 51.1. The van der Waals surface area contributed by atoms with Crippen LogP contribution in [0, 0.1) is 0 Å². The standard InChI is InChI=1S/C27H40F3N3O3/c1-18-17-32(26(5)9-11-31(12-10-26)24(34)36-25(2,3)4)13-14-33(18)22-16-23(35-6)21-15-19(27(28,29)30)7-8-20(21)22/h7-8,15,18,22-23H,9-14,16-17H2,1-6H3. The molecule has 3 aliphatic rings. The molecular weight excluding hydrogens is 471 g/mol. The number of ether oxygens (including phenoxy) is 2. The summed E-state index contributed by atoms with van der Waals surface area (Å²) in [7, 11) is 1.57. The Morgan fingerprint density at radius 1 is 1.06 bits per heavy atom. The van der Waals surface area contributed by atoms with E-state index in [0.29, 0.717) is 25.1 Å². The van der Waals surface area contributed by atoms with Gasteiger partial charge < -0.3 is 14.4 Å². The highest BCUT2D eigenvalue weighted by molar-refractivity contribution is 5.68. The second kappa shape index (κ2) is 9.80. The Morgan fingerprint density at radius 2 is 1.72 bits per heavy atom. The van der Waals surface area contributed by atoms with Crippen LogP contribution < -0.4 is 0 Å². The lowest BCUT2D eigenvalue weighted by atomic mass is 9.86. The number of piperidine rings is 1. The molecule has 0 spiro atoms. The Labute approximate surface area is 212 Å². The van der Waals surface area contributed by atoms with E-state index >= 15 is 0 Å². The van der Waals surface area contributed by atoms with Crippen molar-refractivity contribution in [1.82, 2.24) is 14.7 Å². The van der Waals surface area contributed by atoms with E-state index in [-0.39, 0.29) is 29.8 Å². The highest BCUT2D eigenvalue weighted by Crippen LogP contribution is 2.47. The normalized spacial score (nSPS) is 27.7. The maximum atomic E-state index is 13.3. The van der Waals surface area contributed by atoms with Crippen LogP contribution in [-0.4, -0.2) is 77.8 Å². The van der Waals surface area contributed by atoms with Crippen LogP contribution in [0.4, 0.5) is 18.0 Å². The highest BCUT2D eigenvalue weighted by atomic mass is 19.4. The van der Waals surface area contributed by atoms with Gasteiger partial charge in [-0.1, -0.05) is 6.07 Å². The minimum absolute atomic E-state index is 0.00310. The van der Waals surface area contributed by atoms with Gasteiger partial charge in [0, 0.05) is 57.5 Å². The number of carbonyl (C=O) groups excluding carboxylic acids is 1. The number of halogens is 3. The average molecular weight is 512 g/mol. The van der Waals surface area contributed by atoms with Crippen molar-refractivity contribution < 1.29 is 27.4 Å². The van der Waals surface area contributed by atoms with E-state index in [4.69, 9.17) is 9.47 Å². The first-order chi connectivity index (χ1) is 16.7. The minimum atomic E-state index is -4.36. The Kier molecular flexibility index (Phi) is 7.40. The number of nitrogens with zero attached hydrogens (tertiary/aromatic N) is 3. The molecule has 2 saturated heterocycles. The van der Waals surface area contributed by atoms with Crippen molar-refractivity contribution in [3.63, 3.8) is 0 Å². The van der Waals surface area contributed by atoms with Gasteiger partial charge in [-0.25, -0.2) is 4.79 Å². The van der Waals surface area contributed by atoms with Gasteiger partial charge in [-0.05, 0) is 77.1 Å². The van der Waals surface area contributed by atoms with Gasteiger partial charge in [0.05, 0.1) is 11.7 Å². The molecule has 0 saturated carbocycles. The third-order valence-corrected chi connectivity index (χ3v) is 8.18. The van der Waals surface area contributed by atoms with Gasteiger partial charge in [-0.15, -0.1) is 0 Å². The molecule has 0 aromatic heterocycles. The molecule has 3 atom stereocenters. The van der Waals surface area contributed by atoms with Gasteiger partial charge in [0.1, 0.15) is 5.60 Å². The van der Waals surface area contributed by atoms with E-state index in [1.807, 2.05) is 25.7 Å². The first-order valence-corrected chi connectivity index (χ1v) is 12.9. The zero-order chi connectivity index (χ0) is 26.5. The van der Waals surface area contributed by atoms with Crippen molar-refractivity contribution in [2.45, 2.75) is 89.4 Å². The summed E-state index contributed by atoms with van der Waals surface area (Å²) in [5.74, 6) is 0. The summed E-state index contributed by atoms with van der Waals surface area (Å²) in [5, 5.41) is 0. The van der Waals surface area contributed by atoms with E-state index < -0.39 is 17.3 Å². The molecule has 36 heavy (non-hydrogen) atoms. The molecule has 9 heteroatoms. The van der Waals surface area contributed by atoms with Crippen LogP contribution in [0.15, 0.2) is 18.2 Å². The van der Waals surface area contributed by atoms with Crippen molar-refractivity contribution in [3.05, 3.63) is 34.9 Å². The van der Waals surface area contributed by atoms with Crippen LogP contribution in [0.25, 0.3) is 0 Å². The molecule has 2 aliphatic heterocycles. The molecule has 0 radical (unpaired) electrons. The van der Waals surface area contributed by atoms with Crippen LogP contribution in [0.5, 0.6) is 0 Å². The highest BCUT2D eigenvalue weighted by Gasteiger charge is 2.44. The van der Waals surface area contributed by atoms with Gasteiger partial charge in [0.2, 0.25) is 0 Å². The number of carbonyl (C=O) groups is 1. The molecule has 1 amide bonds. The smallest absolute Gasteiger partial charge is 0.416 e. The van der Waals surface area contributed by atoms with E-state index in [9.17, 15) is 18.0 Å². The van der Waals surface area contributed by atoms with Gasteiger partial charge in [-0.3, -0.25) is 9.80 Å². The second-order valence-corrected chi connectivity index (χ2v) is 11.8. The molecule has 0 bridgehead atoms. The zero-order valence-electron chi connectivity index (χ0n) is 22.3. The summed E-state index contributed by atoms with van der Waals surface area (Å²) in [6.07, 6.45) is -2.50. The monoisotopic (exact) mass is 511 g/mol. The number of amides is 1. The Hall–Kier alpha value is -1.84. The van der Waals surface area contributed by atoms with E-state index in [0.717, 1.165) is 38.0 Å². The Morgan fingerprint density at radius 3 is 2.28 bits per heavy atom. The Bertz CT molecular complexity index is 954. The molecule has 0 N–H and O–H groups in total. The molecule has 6 nitrogen and oxygen atoms in total. The second-order valence-electron chi connectivity index (χ2n) is 11.8. The predicted molar refractivity (Wildman–Crippen MR) is 132 cm³/mol. The van der Waals surface area contributed by atoms with Crippen molar-refractivity contribution in [1.29, 1.82) is 0 Å². The molecule has 1 aromatic carbocycles. The fraction of sp³-hybridized carbons (Fsp3) is 0.741. The average Bonchev–Trinajstić information content (AvgIpc) is 3.15. The van der Waals surface area contributed by atoms with Gasteiger partial charge in [0.15, 0.2) is 0 Å². The van der Waals surface area contributed by atoms with Crippen LogP contribution in [-0.2, 0) is 15.7 Å². The number of fused-ring (bicyclic) bond motifs is 1. The quantitative estimate of drug-likeness (QED) is 0.526. The van der Waals surface area contributed by atoms with Crippen molar-refractivity contribution in [3.8, 4) is 0 Å². The van der Waals surface area contributed by atoms with Crippen molar-refractivity contribution >= 4 is 6.09 Å². The molecule has 3 unspecified atom stereocenters. The van der Waals surface area contributed by atoms with Gasteiger partial charge in [-0.2, -0.15) is 13.2 Å². The zero-order valence-corrected chi connectivity index (χ0v) is 22.3. The number of likely N-dealkylation sites (tertiary alicyclic amines) is 1.